The quantitative estimate of drug-likeness (QED) is 0.411. The van der Waals surface area contributed by atoms with Crippen LogP contribution in [0.5, 0.6) is 0 Å². The first-order chi connectivity index (χ1) is 7.86. The van der Waals surface area contributed by atoms with Gasteiger partial charge >= 0.3 is 0 Å². The van der Waals surface area contributed by atoms with Crippen molar-refractivity contribution in [2.45, 2.75) is 0 Å². The van der Waals surface area contributed by atoms with E-state index in [0.29, 0.717) is 0 Å². The van der Waals surface area contributed by atoms with E-state index in [-0.39, 0.29) is 0 Å². The molecule has 1 nitrogen and oxygen atoms in total. The third kappa shape index (κ3) is 0.782. The molecule has 0 saturated carbocycles. The average Bonchev–Trinajstić information content (AvgIpc) is 2.82. The predicted octanol–water partition coefficient (Wildman–Crippen LogP) is 3.83. The minimum atomic E-state index is 1.32. The van der Waals surface area contributed by atoms with E-state index in [1.54, 1.807) is 0 Å². The van der Waals surface area contributed by atoms with Crippen molar-refractivity contribution in [3.05, 3.63) is 48.7 Å². The molecule has 1 heteroatoms. The maximum atomic E-state index is 2.24. The normalized spacial score (nSPS) is 12.1. The largest absolute Gasteiger partial charge is 0.350 e. The number of aromatic nitrogens is 1. The van der Waals surface area contributed by atoms with Crippen LogP contribution >= 0.6 is 0 Å². The molecule has 0 spiro atoms. The summed E-state index contributed by atoms with van der Waals surface area (Å²) >= 11 is 0. The fourth-order valence-electron chi connectivity index (χ4n) is 2.83. The summed E-state index contributed by atoms with van der Waals surface area (Å²) in [6, 6.07) is 15.2. The number of hydrogen-bond acceptors (Lipinski definition) is 0. The van der Waals surface area contributed by atoms with Gasteiger partial charge in [0.25, 0.3) is 0 Å². The molecule has 0 fully saturated rings. The zero-order chi connectivity index (χ0) is 10.7. The molecular formula is C15H11N. The maximum absolute atomic E-state index is 2.24. The Bertz CT molecular complexity index is 719. The first kappa shape index (κ1) is 8.17. The Labute approximate surface area is 93.9 Å². The lowest BCUT2D eigenvalue weighted by atomic mass is 10.0. The van der Waals surface area contributed by atoms with Crippen molar-refractivity contribution in [1.29, 1.82) is 0 Å². The molecular weight excluding hydrogens is 194 g/mol. The molecule has 1 heterocycles. The van der Waals surface area contributed by atoms with Gasteiger partial charge in [-0.2, -0.15) is 0 Å². The second-order valence-corrected chi connectivity index (χ2v) is 4.40. The van der Waals surface area contributed by atoms with Crippen LogP contribution in [0.4, 0.5) is 0 Å². The van der Waals surface area contributed by atoms with Crippen molar-refractivity contribution < 1.29 is 0 Å². The molecule has 2 aromatic carbocycles. The van der Waals surface area contributed by atoms with E-state index >= 15 is 0 Å². The Morgan fingerprint density at radius 3 is 2.25 bits per heavy atom. The molecule has 1 aliphatic rings. The van der Waals surface area contributed by atoms with E-state index < -0.39 is 0 Å². The summed E-state index contributed by atoms with van der Waals surface area (Å²) < 4.78 is 2.21. The van der Waals surface area contributed by atoms with E-state index in [0.717, 1.165) is 0 Å². The highest BCUT2D eigenvalue weighted by Gasteiger charge is 2.22. The summed E-state index contributed by atoms with van der Waals surface area (Å²) in [4.78, 5) is 0. The van der Waals surface area contributed by atoms with E-state index in [1.807, 2.05) is 0 Å². The third-order valence-corrected chi connectivity index (χ3v) is 3.52. The number of hydrogen-bond donors (Lipinski definition) is 0. The molecule has 76 valence electrons. The van der Waals surface area contributed by atoms with Gasteiger partial charge in [-0.15, -0.1) is 0 Å². The van der Waals surface area contributed by atoms with Crippen molar-refractivity contribution >= 4 is 10.9 Å². The van der Waals surface area contributed by atoms with Gasteiger partial charge in [0.15, 0.2) is 0 Å². The summed E-state index contributed by atoms with van der Waals surface area (Å²) in [5.41, 5.74) is 6.82. The Kier molecular flexibility index (Phi) is 1.31. The Morgan fingerprint density at radius 1 is 0.750 bits per heavy atom. The summed E-state index contributed by atoms with van der Waals surface area (Å²) in [5.74, 6) is 0. The van der Waals surface area contributed by atoms with Crippen LogP contribution in [0.2, 0.25) is 0 Å². The van der Waals surface area contributed by atoms with Gasteiger partial charge in [0, 0.05) is 29.7 Å². The summed E-state index contributed by atoms with van der Waals surface area (Å²) in [5, 5.41) is 1.41. The lowest BCUT2D eigenvalue weighted by molar-refractivity contribution is 0.970. The van der Waals surface area contributed by atoms with E-state index in [9.17, 15) is 0 Å². The Morgan fingerprint density at radius 2 is 1.44 bits per heavy atom. The average molecular weight is 205 g/mol. The number of fused-ring (bicyclic) bond motifs is 3. The monoisotopic (exact) mass is 205 g/mol. The molecule has 0 aliphatic heterocycles. The topological polar surface area (TPSA) is 4.93 Å². The van der Waals surface area contributed by atoms with Crippen LogP contribution in [0.25, 0.3) is 33.2 Å². The second kappa shape index (κ2) is 2.56. The highest BCUT2D eigenvalue weighted by Crippen LogP contribution is 2.47. The fourth-order valence-corrected chi connectivity index (χ4v) is 2.83. The molecule has 4 rings (SSSR count). The lowest BCUT2D eigenvalue weighted by Gasteiger charge is -2.03. The molecule has 0 bridgehead atoms. The molecule has 0 unspecified atom stereocenters. The Hall–Kier alpha value is -2.02. The van der Waals surface area contributed by atoms with E-state index in [1.165, 1.54) is 33.2 Å². The fraction of sp³-hybridized carbons (Fsp3) is 0.0667. The minimum Gasteiger partial charge on any atom is -0.350 e. The van der Waals surface area contributed by atoms with Crippen LogP contribution in [0, 0.1) is 0 Å². The van der Waals surface area contributed by atoms with Gasteiger partial charge < -0.3 is 4.57 Å². The predicted molar refractivity (Wildman–Crippen MR) is 67.3 cm³/mol. The van der Waals surface area contributed by atoms with Crippen LogP contribution in [0.15, 0.2) is 48.7 Å². The SMILES string of the molecule is Cn1cc2c3c(cccc31)-c1ccccc1-2. The molecule has 0 radical (unpaired) electrons. The summed E-state index contributed by atoms with van der Waals surface area (Å²) in [6.07, 6.45) is 2.24. The molecule has 0 amide bonds. The van der Waals surface area contributed by atoms with Crippen molar-refractivity contribution in [3.63, 3.8) is 0 Å². The van der Waals surface area contributed by atoms with Crippen LogP contribution in [-0.4, -0.2) is 4.57 Å². The number of nitrogens with zero attached hydrogens (tertiary/aromatic N) is 1. The van der Waals surface area contributed by atoms with Crippen molar-refractivity contribution in [1.82, 2.24) is 4.57 Å². The smallest absolute Gasteiger partial charge is 0.0490 e. The van der Waals surface area contributed by atoms with Crippen molar-refractivity contribution in [3.8, 4) is 22.3 Å². The van der Waals surface area contributed by atoms with Crippen LogP contribution in [-0.2, 0) is 7.05 Å². The number of rotatable bonds is 0. The summed E-state index contributed by atoms with van der Waals surface area (Å²) in [6.45, 7) is 0. The maximum Gasteiger partial charge on any atom is 0.0490 e. The number of benzene rings is 2. The van der Waals surface area contributed by atoms with Gasteiger partial charge in [0.2, 0.25) is 0 Å². The highest BCUT2D eigenvalue weighted by atomic mass is 14.9. The first-order valence-electron chi connectivity index (χ1n) is 5.54. The molecule has 3 aromatic rings. The van der Waals surface area contributed by atoms with Crippen molar-refractivity contribution in [2.24, 2.45) is 7.05 Å². The second-order valence-electron chi connectivity index (χ2n) is 4.40. The van der Waals surface area contributed by atoms with Gasteiger partial charge in [-0.3, -0.25) is 0 Å². The van der Waals surface area contributed by atoms with Gasteiger partial charge in [-0.05, 0) is 22.8 Å². The van der Waals surface area contributed by atoms with Gasteiger partial charge in [-0.1, -0.05) is 36.4 Å². The standard InChI is InChI=1S/C15H11N/c1-16-9-13-11-6-3-2-5-10(11)12-7-4-8-14(16)15(12)13/h2-9H,1H3. The van der Waals surface area contributed by atoms with Crippen molar-refractivity contribution in [2.75, 3.05) is 0 Å². The van der Waals surface area contributed by atoms with Crippen LogP contribution in [0.1, 0.15) is 0 Å². The molecule has 0 saturated heterocycles. The Balaban J connectivity index is 2.30. The number of aryl methyl sites for hydroxylation is 1. The highest BCUT2D eigenvalue weighted by molar-refractivity contribution is 6.14. The summed E-state index contributed by atoms with van der Waals surface area (Å²) in [7, 11) is 2.11. The van der Waals surface area contributed by atoms with Crippen LogP contribution < -0.4 is 0 Å². The van der Waals surface area contributed by atoms with Gasteiger partial charge in [0.05, 0.1) is 0 Å². The minimum absolute atomic E-state index is 1.32. The first-order valence-corrected chi connectivity index (χ1v) is 5.54. The van der Waals surface area contributed by atoms with E-state index in [4.69, 9.17) is 0 Å². The molecule has 16 heavy (non-hydrogen) atoms. The molecule has 1 aromatic heterocycles. The van der Waals surface area contributed by atoms with Gasteiger partial charge in [0.1, 0.15) is 0 Å². The zero-order valence-electron chi connectivity index (χ0n) is 9.07. The third-order valence-electron chi connectivity index (χ3n) is 3.52. The van der Waals surface area contributed by atoms with Crippen LogP contribution in [0.3, 0.4) is 0 Å². The van der Waals surface area contributed by atoms with E-state index in [2.05, 4.69) is 60.3 Å². The van der Waals surface area contributed by atoms with Gasteiger partial charge in [-0.25, -0.2) is 0 Å². The lowest BCUT2D eigenvalue weighted by Crippen LogP contribution is -1.85. The molecule has 0 atom stereocenters. The molecule has 0 N–H and O–H groups in total. The zero-order valence-corrected chi connectivity index (χ0v) is 9.07. The molecule has 1 aliphatic carbocycles.